The number of hydrogen-bond acceptors (Lipinski definition) is 2. The van der Waals surface area contributed by atoms with Gasteiger partial charge in [-0.2, -0.15) is 0 Å². The number of aromatic amines is 1. The molecule has 3 heterocycles. The number of H-pyrrole nitrogens is 1. The van der Waals surface area contributed by atoms with Crippen molar-refractivity contribution in [3.63, 3.8) is 0 Å². The van der Waals surface area contributed by atoms with Crippen molar-refractivity contribution in [2.75, 3.05) is 7.05 Å². The summed E-state index contributed by atoms with van der Waals surface area (Å²) in [5, 5.41) is 2.84. The minimum atomic E-state index is -0.250. The summed E-state index contributed by atoms with van der Waals surface area (Å²) in [7, 11) is 3.55. The van der Waals surface area contributed by atoms with Crippen molar-refractivity contribution in [3.05, 3.63) is 71.9 Å². The number of carbonyl (C=O) groups is 2. The standard InChI is InChI=1S/C24H17N3O2/c1-26-12-16(13-7-4-6-10-19(13)26)15-11-18-20(14-8-3-5-9-17(14)25-18)22-21(15)23(28)27(2)24(22)29/h3-12,25H,1-2H3. The van der Waals surface area contributed by atoms with E-state index in [0.717, 1.165) is 43.8 Å². The maximum Gasteiger partial charge on any atom is 0.262 e. The number of amides is 2. The second kappa shape index (κ2) is 5.35. The molecule has 5 aromatic rings. The molecular formula is C24H17N3O2. The van der Waals surface area contributed by atoms with Crippen LogP contribution in [0.2, 0.25) is 0 Å². The largest absolute Gasteiger partial charge is 0.354 e. The summed E-state index contributed by atoms with van der Waals surface area (Å²) in [4.78, 5) is 30.9. The number of nitrogens with one attached hydrogen (secondary N) is 1. The number of para-hydroxylation sites is 2. The van der Waals surface area contributed by atoms with Crippen molar-refractivity contribution in [2.24, 2.45) is 7.05 Å². The third-order valence-electron chi connectivity index (χ3n) is 6.02. The van der Waals surface area contributed by atoms with Crippen LogP contribution in [0.15, 0.2) is 60.8 Å². The van der Waals surface area contributed by atoms with Gasteiger partial charge in [-0.15, -0.1) is 0 Å². The van der Waals surface area contributed by atoms with Gasteiger partial charge in [0.2, 0.25) is 0 Å². The predicted octanol–water partition coefficient (Wildman–Crippen LogP) is 4.71. The van der Waals surface area contributed by atoms with E-state index in [1.54, 1.807) is 7.05 Å². The molecule has 0 radical (unpaired) electrons. The summed E-state index contributed by atoms with van der Waals surface area (Å²) in [6.45, 7) is 0. The number of benzene rings is 3. The molecule has 29 heavy (non-hydrogen) atoms. The Morgan fingerprint density at radius 3 is 2.28 bits per heavy atom. The fraction of sp³-hybridized carbons (Fsp3) is 0.0833. The highest BCUT2D eigenvalue weighted by molar-refractivity contribution is 6.32. The van der Waals surface area contributed by atoms with Gasteiger partial charge < -0.3 is 9.55 Å². The number of aryl methyl sites for hydroxylation is 1. The van der Waals surface area contributed by atoms with Crippen LogP contribution in [-0.2, 0) is 7.05 Å². The average Bonchev–Trinajstić information content (AvgIpc) is 3.35. The third-order valence-corrected chi connectivity index (χ3v) is 6.02. The van der Waals surface area contributed by atoms with Gasteiger partial charge in [-0.3, -0.25) is 14.5 Å². The van der Waals surface area contributed by atoms with E-state index in [1.807, 2.05) is 55.7 Å². The maximum absolute atomic E-state index is 13.1. The molecule has 0 unspecified atom stereocenters. The molecule has 140 valence electrons. The van der Waals surface area contributed by atoms with Gasteiger partial charge in [0.1, 0.15) is 0 Å². The van der Waals surface area contributed by atoms with Crippen LogP contribution in [0.3, 0.4) is 0 Å². The Morgan fingerprint density at radius 1 is 0.759 bits per heavy atom. The van der Waals surface area contributed by atoms with Crippen LogP contribution in [0.25, 0.3) is 43.8 Å². The molecule has 1 aliphatic heterocycles. The van der Waals surface area contributed by atoms with Crippen molar-refractivity contribution < 1.29 is 9.59 Å². The summed E-state index contributed by atoms with van der Waals surface area (Å²) in [5.41, 5.74) is 5.63. The van der Waals surface area contributed by atoms with Gasteiger partial charge in [-0.05, 0) is 23.8 Å². The lowest BCUT2D eigenvalue weighted by molar-refractivity contribution is 0.0694. The Morgan fingerprint density at radius 2 is 1.45 bits per heavy atom. The third kappa shape index (κ3) is 1.94. The van der Waals surface area contributed by atoms with E-state index in [1.165, 1.54) is 4.90 Å². The van der Waals surface area contributed by atoms with Crippen molar-refractivity contribution in [1.82, 2.24) is 14.5 Å². The van der Waals surface area contributed by atoms with E-state index in [-0.39, 0.29) is 11.8 Å². The number of aromatic nitrogens is 2. The zero-order valence-electron chi connectivity index (χ0n) is 16.0. The highest BCUT2D eigenvalue weighted by atomic mass is 16.2. The van der Waals surface area contributed by atoms with Crippen LogP contribution in [0, 0.1) is 0 Å². The van der Waals surface area contributed by atoms with Crippen molar-refractivity contribution >= 4 is 44.5 Å². The molecular weight excluding hydrogens is 362 g/mol. The summed E-state index contributed by atoms with van der Waals surface area (Å²) in [6, 6.07) is 18.0. The molecule has 0 aliphatic carbocycles. The minimum Gasteiger partial charge on any atom is -0.354 e. The first kappa shape index (κ1) is 16.1. The Bertz CT molecular complexity index is 1520. The summed E-state index contributed by atoms with van der Waals surface area (Å²) < 4.78 is 2.05. The fourth-order valence-corrected chi connectivity index (χ4v) is 4.65. The van der Waals surface area contributed by atoms with E-state index < -0.39 is 0 Å². The van der Waals surface area contributed by atoms with Crippen LogP contribution < -0.4 is 0 Å². The SMILES string of the molecule is CN1C(=O)c2c(-c3cn(C)c4ccccc34)cc3[nH]c4ccccc4c3c2C1=O. The maximum atomic E-state index is 13.1. The minimum absolute atomic E-state index is 0.248. The number of nitrogens with zero attached hydrogens (tertiary/aromatic N) is 2. The van der Waals surface area contributed by atoms with Crippen LogP contribution in [0.1, 0.15) is 20.7 Å². The van der Waals surface area contributed by atoms with Gasteiger partial charge in [0.05, 0.1) is 11.1 Å². The zero-order valence-corrected chi connectivity index (χ0v) is 16.0. The number of fused-ring (bicyclic) bond motifs is 6. The molecule has 0 bridgehead atoms. The Kier molecular flexibility index (Phi) is 2.98. The topological polar surface area (TPSA) is 58.1 Å². The molecule has 1 aliphatic rings. The number of rotatable bonds is 1. The molecule has 5 heteroatoms. The quantitative estimate of drug-likeness (QED) is 0.429. The van der Waals surface area contributed by atoms with Gasteiger partial charge in [0.25, 0.3) is 11.8 Å². The van der Waals surface area contributed by atoms with Crippen LogP contribution in [0.4, 0.5) is 0 Å². The number of hydrogen-bond donors (Lipinski definition) is 1. The molecule has 0 saturated heterocycles. The second-order valence-electron chi connectivity index (χ2n) is 7.61. The molecule has 2 aromatic heterocycles. The van der Waals surface area contributed by atoms with Gasteiger partial charge in [0.15, 0.2) is 0 Å². The van der Waals surface area contributed by atoms with Crippen molar-refractivity contribution in [1.29, 1.82) is 0 Å². The molecule has 2 amide bonds. The monoisotopic (exact) mass is 379 g/mol. The molecule has 0 fully saturated rings. The highest BCUT2D eigenvalue weighted by Gasteiger charge is 2.38. The van der Waals surface area contributed by atoms with E-state index in [4.69, 9.17) is 0 Å². The number of carbonyl (C=O) groups excluding carboxylic acids is 2. The Labute approximate surface area is 166 Å². The van der Waals surface area contributed by atoms with Gasteiger partial charge in [-0.1, -0.05) is 36.4 Å². The van der Waals surface area contributed by atoms with Gasteiger partial charge in [0, 0.05) is 58.6 Å². The molecule has 6 rings (SSSR count). The van der Waals surface area contributed by atoms with Crippen molar-refractivity contribution in [2.45, 2.75) is 0 Å². The molecule has 0 spiro atoms. The van der Waals surface area contributed by atoms with Gasteiger partial charge in [-0.25, -0.2) is 0 Å². The molecule has 0 saturated carbocycles. The normalized spacial score (nSPS) is 13.9. The van der Waals surface area contributed by atoms with E-state index >= 15 is 0 Å². The summed E-state index contributed by atoms with van der Waals surface area (Å²) >= 11 is 0. The predicted molar refractivity (Wildman–Crippen MR) is 114 cm³/mol. The molecule has 1 N–H and O–H groups in total. The van der Waals surface area contributed by atoms with Crippen molar-refractivity contribution in [3.8, 4) is 11.1 Å². The first-order chi connectivity index (χ1) is 14.1. The summed E-state index contributed by atoms with van der Waals surface area (Å²) in [5.74, 6) is -0.498. The first-order valence-corrected chi connectivity index (χ1v) is 9.50. The molecule has 5 nitrogen and oxygen atoms in total. The van der Waals surface area contributed by atoms with E-state index in [0.29, 0.717) is 11.1 Å². The Balaban J connectivity index is 1.82. The highest BCUT2D eigenvalue weighted by Crippen LogP contribution is 2.42. The van der Waals surface area contributed by atoms with Gasteiger partial charge >= 0.3 is 0 Å². The molecule has 0 atom stereocenters. The van der Waals surface area contributed by atoms with E-state index in [9.17, 15) is 9.59 Å². The molecule has 3 aromatic carbocycles. The number of imide groups is 1. The van der Waals surface area contributed by atoms with Crippen LogP contribution in [-0.4, -0.2) is 33.3 Å². The lowest BCUT2D eigenvalue weighted by Crippen LogP contribution is -2.24. The van der Waals surface area contributed by atoms with Crippen LogP contribution >= 0.6 is 0 Å². The Hall–Kier alpha value is -3.86. The van der Waals surface area contributed by atoms with E-state index in [2.05, 4.69) is 21.7 Å². The summed E-state index contributed by atoms with van der Waals surface area (Å²) in [6.07, 6.45) is 2.03. The first-order valence-electron chi connectivity index (χ1n) is 9.50. The zero-order chi connectivity index (χ0) is 19.9. The second-order valence-corrected chi connectivity index (χ2v) is 7.61. The van der Waals surface area contributed by atoms with Crippen LogP contribution in [0.5, 0.6) is 0 Å². The lowest BCUT2D eigenvalue weighted by Gasteiger charge is -2.07. The fourth-order valence-electron chi connectivity index (χ4n) is 4.65. The smallest absolute Gasteiger partial charge is 0.262 e. The average molecular weight is 379 g/mol. The lowest BCUT2D eigenvalue weighted by atomic mass is 9.93.